The molecule has 2 atom stereocenters. The second-order valence-corrected chi connectivity index (χ2v) is 5.89. The fourth-order valence-electron chi connectivity index (χ4n) is 2.75. The lowest BCUT2D eigenvalue weighted by atomic mass is 9.74. The summed E-state index contributed by atoms with van der Waals surface area (Å²) in [6.45, 7) is 0. The van der Waals surface area contributed by atoms with E-state index in [1.807, 2.05) is 5.38 Å². The molecule has 0 aliphatic heterocycles. The molecule has 0 radical (unpaired) electrons. The molecule has 0 spiro atoms. The fourth-order valence-corrected chi connectivity index (χ4v) is 3.68. The minimum atomic E-state index is 0.201. The maximum absolute atomic E-state index is 5.72. The van der Waals surface area contributed by atoms with E-state index in [9.17, 15) is 0 Å². The van der Waals surface area contributed by atoms with Gasteiger partial charge in [0.05, 0.1) is 13.2 Å². The molecule has 1 aromatic heterocycles. The molecule has 0 amide bonds. The van der Waals surface area contributed by atoms with Crippen LogP contribution in [0.25, 0.3) is 0 Å². The molecule has 1 aromatic carbocycles. The van der Waals surface area contributed by atoms with Crippen LogP contribution in [0.1, 0.15) is 34.4 Å². The van der Waals surface area contributed by atoms with Crippen molar-refractivity contribution in [3.05, 3.63) is 51.7 Å². The summed E-state index contributed by atoms with van der Waals surface area (Å²) in [6, 6.07) is 10.9. The van der Waals surface area contributed by atoms with Gasteiger partial charge in [-0.25, -0.2) is 0 Å². The number of nitrogens with two attached hydrogens (primary N) is 1. The van der Waals surface area contributed by atoms with Crippen molar-refractivity contribution in [2.75, 3.05) is 7.11 Å². The largest absolute Gasteiger partial charge is 0.496 e. The maximum Gasteiger partial charge on any atom is 0.129 e. The monoisotopic (exact) mass is 274 g/mol. The number of nitrogens with one attached hydrogen (secondary N) is 1. The van der Waals surface area contributed by atoms with Gasteiger partial charge in [0.1, 0.15) is 5.75 Å². The summed E-state index contributed by atoms with van der Waals surface area (Å²) in [5, 5.41) is 2.02. The van der Waals surface area contributed by atoms with Crippen LogP contribution in [0.4, 0.5) is 0 Å². The van der Waals surface area contributed by atoms with E-state index in [0.717, 1.165) is 18.6 Å². The standard InChI is InChI=1S/C15H18N2OS/c1-18-12-8-15(19-9-12)14(17-16)7-11-6-10-4-2-3-5-13(10)11/h2-5,8-9,11,14,17H,6-7,16H2,1H3. The third-order valence-electron chi connectivity index (χ3n) is 3.86. The topological polar surface area (TPSA) is 47.3 Å². The average Bonchev–Trinajstić information content (AvgIpc) is 2.89. The molecule has 4 heteroatoms. The van der Waals surface area contributed by atoms with E-state index in [0.29, 0.717) is 5.92 Å². The van der Waals surface area contributed by atoms with Crippen molar-refractivity contribution in [3.8, 4) is 5.75 Å². The van der Waals surface area contributed by atoms with Gasteiger partial charge >= 0.3 is 0 Å². The summed E-state index contributed by atoms with van der Waals surface area (Å²) in [4.78, 5) is 1.24. The lowest BCUT2D eigenvalue weighted by Gasteiger charge is -2.32. The Labute approximate surface area is 117 Å². The molecular formula is C15H18N2OS. The maximum atomic E-state index is 5.72. The van der Waals surface area contributed by atoms with Crippen LogP contribution in [0.5, 0.6) is 5.75 Å². The molecule has 2 unspecified atom stereocenters. The van der Waals surface area contributed by atoms with E-state index in [1.54, 1.807) is 18.4 Å². The predicted octanol–water partition coefficient (Wildman–Crippen LogP) is 2.99. The molecule has 3 rings (SSSR count). The summed E-state index contributed by atoms with van der Waals surface area (Å²) < 4.78 is 5.23. The molecule has 1 aliphatic carbocycles. The number of ether oxygens (including phenoxy) is 1. The van der Waals surface area contributed by atoms with Crippen molar-refractivity contribution in [2.24, 2.45) is 5.84 Å². The van der Waals surface area contributed by atoms with Gasteiger partial charge in [0.25, 0.3) is 0 Å². The number of benzene rings is 1. The second-order valence-electron chi connectivity index (χ2n) is 4.94. The van der Waals surface area contributed by atoms with Gasteiger partial charge in [-0.1, -0.05) is 24.3 Å². The molecule has 3 N–H and O–H groups in total. The second kappa shape index (κ2) is 5.33. The smallest absolute Gasteiger partial charge is 0.129 e. The number of hydrogen-bond acceptors (Lipinski definition) is 4. The van der Waals surface area contributed by atoms with Crippen molar-refractivity contribution in [1.82, 2.24) is 5.43 Å². The van der Waals surface area contributed by atoms with Crippen molar-refractivity contribution in [2.45, 2.75) is 24.8 Å². The molecular weight excluding hydrogens is 256 g/mol. The molecule has 0 bridgehead atoms. The first-order valence-corrected chi connectivity index (χ1v) is 7.36. The van der Waals surface area contributed by atoms with Crippen LogP contribution in [-0.2, 0) is 6.42 Å². The van der Waals surface area contributed by atoms with Crippen LogP contribution in [-0.4, -0.2) is 7.11 Å². The van der Waals surface area contributed by atoms with Crippen LogP contribution in [0.2, 0.25) is 0 Å². The Morgan fingerprint density at radius 2 is 2.32 bits per heavy atom. The van der Waals surface area contributed by atoms with Gasteiger partial charge in [0.2, 0.25) is 0 Å². The number of thiophene rings is 1. The number of rotatable bonds is 5. The van der Waals surface area contributed by atoms with E-state index in [-0.39, 0.29) is 6.04 Å². The van der Waals surface area contributed by atoms with Crippen LogP contribution in [0.15, 0.2) is 35.7 Å². The molecule has 1 heterocycles. The molecule has 100 valence electrons. The van der Waals surface area contributed by atoms with Crippen molar-refractivity contribution < 1.29 is 4.74 Å². The van der Waals surface area contributed by atoms with Gasteiger partial charge in [0.15, 0.2) is 0 Å². The Balaban J connectivity index is 1.72. The van der Waals surface area contributed by atoms with E-state index in [4.69, 9.17) is 10.6 Å². The molecule has 0 fully saturated rings. The summed E-state index contributed by atoms with van der Waals surface area (Å²) in [5.74, 6) is 7.25. The first-order chi connectivity index (χ1) is 9.31. The average molecular weight is 274 g/mol. The highest BCUT2D eigenvalue weighted by Gasteiger charge is 2.28. The van der Waals surface area contributed by atoms with E-state index in [2.05, 4.69) is 35.8 Å². The van der Waals surface area contributed by atoms with Crippen molar-refractivity contribution in [1.29, 1.82) is 0 Å². The first-order valence-electron chi connectivity index (χ1n) is 6.48. The van der Waals surface area contributed by atoms with Crippen molar-refractivity contribution >= 4 is 11.3 Å². The Morgan fingerprint density at radius 1 is 1.47 bits per heavy atom. The Hall–Kier alpha value is -1.36. The van der Waals surface area contributed by atoms with Gasteiger partial charge in [-0.05, 0) is 36.0 Å². The minimum absolute atomic E-state index is 0.201. The predicted molar refractivity (Wildman–Crippen MR) is 78.4 cm³/mol. The third kappa shape index (κ3) is 2.39. The highest BCUT2D eigenvalue weighted by atomic mass is 32.1. The van der Waals surface area contributed by atoms with E-state index in [1.165, 1.54) is 16.0 Å². The van der Waals surface area contributed by atoms with Crippen LogP contribution in [0.3, 0.4) is 0 Å². The van der Waals surface area contributed by atoms with Crippen LogP contribution >= 0.6 is 11.3 Å². The molecule has 19 heavy (non-hydrogen) atoms. The van der Waals surface area contributed by atoms with Crippen molar-refractivity contribution in [3.63, 3.8) is 0 Å². The Kier molecular flexibility index (Phi) is 3.55. The summed E-state index contributed by atoms with van der Waals surface area (Å²) in [5.41, 5.74) is 5.90. The van der Waals surface area contributed by atoms with Crippen LogP contribution < -0.4 is 16.0 Å². The van der Waals surface area contributed by atoms with Gasteiger partial charge in [-0.2, -0.15) is 0 Å². The number of hydrazine groups is 1. The van der Waals surface area contributed by atoms with Gasteiger partial charge in [-0.3, -0.25) is 11.3 Å². The lowest BCUT2D eigenvalue weighted by molar-refractivity contribution is 0.413. The fraction of sp³-hybridized carbons (Fsp3) is 0.333. The number of methoxy groups -OCH3 is 1. The van der Waals surface area contributed by atoms with Gasteiger partial charge < -0.3 is 4.74 Å². The molecule has 1 aliphatic rings. The zero-order valence-corrected chi connectivity index (χ0v) is 11.7. The zero-order valence-electron chi connectivity index (χ0n) is 10.9. The highest BCUT2D eigenvalue weighted by Crippen LogP contribution is 2.41. The Bertz CT molecular complexity index is 567. The van der Waals surface area contributed by atoms with E-state index < -0.39 is 0 Å². The van der Waals surface area contributed by atoms with Crippen LogP contribution in [0, 0.1) is 0 Å². The van der Waals surface area contributed by atoms with Gasteiger partial charge in [-0.15, -0.1) is 11.3 Å². The lowest BCUT2D eigenvalue weighted by Crippen LogP contribution is -2.31. The zero-order chi connectivity index (χ0) is 13.2. The quantitative estimate of drug-likeness (QED) is 0.651. The van der Waals surface area contributed by atoms with Gasteiger partial charge in [0, 0.05) is 10.3 Å². The normalized spacial score (nSPS) is 18.5. The number of fused-ring (bicyclic) bond motifs is 1. The molecule has 0 saturated carbocycles. The summed E-state index contributed by atoms with van der Waals surface area (Å²) >= 11 is 1.70. The highest BCUT2D eigenvalue weighted by molar-refractivity contribution is 7.10. The minimum Gasteiger partial charge on any atom is -0.496 e. The summed E-state index contributed by atoms with van der Waals surface area (Å²) in [7, 11) is 1.69. The first kappa shape index (κ1) is 12.7. The summed E-state index contributed by atoms with van der Waals surface area (Å²) in [6.07, 6.45) is 2.20. The Morgan fingerprint density at radius 3 is 3.00 bits per heavy atom. The van der Waals surface area contributed by atoms with E-state index >= 15 is 0 Å². The molecule has 0 saturated heterocycles. The molecule has 3 nitrogen and oxygen atoms in total. The molecule has 2 aromatic rings. The SMILES string of the molecule is COc1csc(C(CC2Cc3ccccc32)NN)c1. The number of hydrogen-bond donors (Lipinski definition) is 2. The third-order valence-corrected chi connectivity index (χ3v) is 4.88.